The van der Waals surface area contributed by atoms with Gasteiger partial charge in [-0.1, -0.05) is 0 Å². The van der Waals surface area contributed by atoms with Crippen LogP contribution in [0.25, 0.3) is 0 Å². The molecule has 1 heterocycles. The van der Waals surface area contributed by atoms with Gasteiger partial charge in [0.05, 0.1) is 11.5 Å². The molecule has 0 fully saturated rings. The highest BCUT2D eigenvalue weighted by molar-refractivity contribution is 5.34. The van der Waals surface area contributed by atoms with Gasteiger partial charge in [-0.3, -0.25) is 15.2 Å². The first-order valence-electron chi connectivity index (χ1n) is 3.69. The minimum absolute atomic E-state index is 0.135. The first-order valence-corrected chi connectivity index (χ1v) is 3.69. The Hall–Kier alpha value is -1.47. The summed E-state index contributed by atoms with van der Waals surface area (Å²) in [6, 6.07) is 0. The third kappa shape index (κ3) is 1.82. The number of H-pyrrole nitrogens is 1. The summed E-state index contributed by atoms with van der Waals surface area (Å²) in [4.78, 5) is 9.88. The fourth-order valence-corrected chi connectivity index (χ4v) is 1.02. The summed E-state index contributed by atoms with van der Waals surface area (Å²) in [6.07, 6.45) is 1.10. The van der Waals surface area contributed by atoms with Crippen molar-refractivity contribution in [2.24, 2.45) is 5.73 Å². The van der Waals surface area contributed by atoms with Crippen molar-refractivity contribution in [2.45, 2.75) is 5.92 Å². The van der Waals surface area contributed by atoms with Gasteiger partial charge in [0.2, 0.25) is 0 Å². The lowest BCUT2D eigenvalue weighted by molar-refractivity contribution is -0.385. The molecule has 72 valence electrons. The fourth-order valence-electron chi connectivity index (χ4n) is 1.02. The number of hydrogen-bond donors (Lipinski definition) is 3. The topological polar surface area (TPSA) is 118 Å². The quantitative estimate of drug-likeness (QED) is 0.426. The highest BCUT2D eigenvalue weighted by Crippen LogP contribution is 2.22. The molecule has 0 radical (unpaired) electrons. The Morgan fingerprint density at radius 3 is 3.00 bits per heavy atom. The summed E-state index contributed by atoms with van der Waals surface area (Å²) in [5.41, 5.74) is 5.45. The zero-order chi connectivity index (χ0) is 9.84. The second-order valence-corrected chi connectivity index (χ2v) is 2.54. The van der Waals surface area contributed by atoms with E-state index in [2.05, 4.69) is 10.2 Å². The van der Waals surface area contributed by atoms with Crippen molar-refractivity contribution in [1.82, 2.24) is 10.2 Å². The summed E-state index contributed by atoms with van der Waals surface area (Å²) in [5, 5.41) is 25.3. The molecule has 7 nitrogen and oxygen atoms in total. The van der Waals surface area contributed by atoms with Crippen LogP contribution in [-0.2, 0) is 0 Å². The molecular formula is C6H10N4O3. The third-order valence-electron chi connectivity index (χ3n) is 1.76. The predicted molar refractivity (Wildman–Crippen MR) is 44.1 cm³/mol. The van der Waals surface area contributed by atoms with Crippen molar-refractivity contribution >= 4 is 5.69 Å². The summed E-state index contributed by atoms with van der Waals surface area (Å²) >= 11 is 0. The van der Waals surface area contributed by atoms with E-state index in [-0.39, 0.29) is 24.5 Å². The second kappa shape index (κ2) is 3.97. The van der Waals surface area contributed by atoms with Crippen LogP contribution in [0.15, 0.2) is 6.20 Å². The van der Waals surface area contributed by atoms with E-state index in [0.717, 1.165) is 6.20 Å². The lowest BCUT2D eigenvalue weighted by Crippen LogP contribution is -2.17. The number of nitrogens with one attached hydrogen (secondary N) is 1. The first kappa shape index (κ1) is 9.62. The number of rotatable bonds is 4. The number of nitrogens with two attached hydrogens (primary N) is 1. The van der Waals surface area contributed by atoms with E-state index in [0.29, 0.717) is 0 Å². The van der Waals surface area contributed by atoms with Gasteiger partial charge < -0.3 is 10.8 Å². The van der Waals surface area contributed by atoms with Crippen molar-refractivity contribution in [3.63, 3.8) is 0 Å². The maximum atomic E-state index is 10.4. The summed E-state index contributed by atoms with van der Waals surface area (Å²) in [6.45, 7) is -0.0981. The molecule has 0 saturated carbocycles. The van der Waals surface area contributed by atoms with Gasteiger partial charge in [0, 0.05) is 12.5 Å². The number of aromatic amines is 1. The van der Waals surface area contributed by atoms with Crippen LogP contribution in [-0.4, -0.2) is 33.4 Å². The third-order valence-corrected chi connectivity index (χ3v) is 1.76. The smallest absolute Gasteiger partial charge is 0.310 e. The first-order chi connectivity index (χ1) is 6.20. The van der Waals surface area contributed by atoms with Gasteiger partial charge in [0.1, 0.15) is 11.9 Å². The molecule has 7 heteroatoms. The standard InChI is InChI=1S/C6H10N4O3/c7-1-4(3-11)6-5(10(12)13)2-8-9-6/h2,4,11H,1,3,7H2,(H,8,9). The largest absolute Gasteiger partial charge is 0.396 e. The summed E-state index contributed by atoms with van der Waals surface area (Å²) in [7, 11) is 0. The van der Waals surface area contributed by atoms with Crippen LogP contribution in [0.4, 0.5) is 5.69 Å². The van der Waals surface area contributed by atoms with E-state index in [4.69, 9.17) is 10.8 Å². The molecule has 0 bridgehead atoms. The van der Waals surface area contributed by atoms with Gasteiger partial charge >= 0.3 is 5.69 Å². The fraction of sp³-hybridized carbons (Fsp3) is 0.500. The van der Waals surface area contributed by atoms with E-state index < -0.39 is 10.8 Å². The van der Waals surface area contributed by atoms with E-state index in [9.17, 15) is 10.1 Å². The molecule has 0 aliphatic heterocycles. The minimum Gasteiger partial charge on any atom is -0.396 e. The number of aromatic nitrogens is 2. The number of hydrogen-bond acceptors (Lipinski definition) is 5. The molecule has 0 spiro atoms. The molecule has 1 aromatic heterocycles. The van der Waals surface area contributed by atoms with Crippen LogP contribution in [0.5, 0.6) is 0 Å². The second-order valence-electron chi connectivity index (χ2n) is 2.54. The molecule has 1 atom stereocenters. The van der Waals surface area contributed by atoms with Crippen LogP contribution >= 0.6 is 0 Å². The Kier molecular flexibility index (Phi) is 2.93. The maximum absolute atomic E-state index is 10.4. The molecule has 1 unspecified atom stereocenters. The lowest BCUT2D eigenvalue weighted by Gasteiger charge is -2.07. The van der Waals surface area contributed by atoms with Gasteiger partial charge in [-0.25, -0.2) is 0 Å². The molecule has 0 aliphatic carbocycles. The van der Waals surface area contributed by atoms with Crippen molar-refractivity contribution in [1.29, 1.82) is 0 Å². The normalized spacial score (nSPS) is 12.8. The molecule has 0 saturated heterocycles. The van der Waals surface area contributed by atoms with Gasteiger partial charge in [-0.2, -0.15) is 5.10 Å². The molecule has 4 N–H and O–H groups in total. The van der Waals surface area contributed by atoms with Gasteiger partial charge in [0.25, 0.3) is 0 Å². The Morgan fingerprint density at radius 2 is 2.54 bits per heavy atom. The van der Waals surface area contributed by atoms with Crippen molar-refractivity contribution in [3.8, 4) is 0 Å². The molecule has 0 aliphatic rings. The molecule has 0 amide bonds. The zero-order valence-electron chi connectivity index (χ0n) is 6.80. The Bertz CT molecular complexity index is 294. The number of aliphatic hydroxyl groups is 1. The van der Waals surface area contributed by atoms with Crippen LogP contribution in [0.1, 0.15) is 11.6 Å². The maximum Gasteiger partial charge on any atom is 0.310 e. The Morgan fingerprint density at radius 1 is 1.85 bits per heavy atom. The Balaban J connectivity index is 2.98. The van der Waals surface area contributed by atoms with E-state index >= 15 is 0 Å². The van der Waals surface area contributed by atoms with Crippen molar-refractivity contribution in [2.75, 3.05) is 13.2 Å². The molecular weight excluding hydrogens is 176 g/mol. The van der Waals surface area contributed by atoms with Crippen LogP contribution in [0.2, 0.25) is 0 Å². The summed E-state index contributed by atoms with van der Waals surface area (Å²) < 4.78 is 0. The molecule has 13 heavy (non-hydrogen) atoms. The van der Waals surface area contributed by atoms with Gasteiger partial charge in [-0.15, -0.1) is 0 Å². The highest BCUT2D eigenvalue weighted by atomic mass is 16.6. The van der Waals surface area contributed by atoms with E-state index in [1.54, 1.807) is 0 Å². The van der Waals surface area contributed by atoms with Gasteiger partial charge in [0.15, 0.2) is 0 Å². The van der Waals surface area contributed by atoms with Gasteiger partial charge in [-0.05, 0) is 0 Å². The average Bonchev–Trinajstić information content (AvgIpc) is 2.55. The van der Waals surface area contributed by atoms with Crippen LogP contribution < -0.4 is 5.73 Å². The molecule has 1 rings (SSSR count). The highest BCUT2D eigenvalue weighted by Gasteiger charge is 2.22. The predicted octanol–water partition coefficient (Wildman–Crippen LogP) is -0.648. The zero-order valence-corrected chi connectivity index (χ0v) is 6.80. The monoisotopic (exact) mass is 186 g/mol. The summed E-state index contributed by atoms with van der Waals surface area (Å²) in [5.74, 6) is -0.456. The lowest BCUT2D eigenvalue weighted by atomic mass is 10.1. The SMILES string of the molecule is NCC(CO)c1[nH]ncc1[N+](=O)[O-]. The average molecular weight is 186 g/mol. The van der Waals surface area contributed by atoms with E-state index in [1.807, 2.05) is 0 Å². The van der Waals surface area contributed by atoms with Crippen LogP contribution in [0.3, 0.4) is 0 Å². The Labute approximate surface area is 73.7 Å². The van der Waals surface area contributed by atoms with Crippen molar-refractivity contribution < 1.29 is 10.0 Å². The number of aliphatic hydroxyl groups excluding tert-OH is 1. The van der Waals surface area contributed by atoms with Crippen LogP contribution in [0, 0.1) is 10.1 Å². The van der Waals surface area contributed by atoms with E-state index in [1.165, 1.54) is 0 Å². The minimum atomic E-state index is -0.558. The molecule has 1 aromatic rings. The number of nitrogens with zero attached hydrogens (tertiary/aromatic N) is 2. The number of nitro groups is 1. The molecule has 0 aromatic carbocycles. The van der Waals surface area contributed by atoms with Crippen molar-refractivity contribution in [3.05, 3.63) is 22.0 Å².